The number of hydrogen-bond donors (Lipinski definition) is 0. The molecule has 1 aromatic rings. The Morgan fingerprint density at radius 1 is 1.33 bits per heavy atom. The van der Waals surface area contributed by atoms with Gasteiger partial charge in [-0.25, -0.2) is 4.98 Å². The van der Waals surface area contributed by atoms with Crippen molar-refractivity contribution < 1.29 is 0 Å². The van der Waals surface area contributed by atoms with Crippen molar-refractivity contribution in [3.8, 4) is 0 Å². The van der Waals surface area contributed by atoms with Gasteiger partial charge in [-0.05, 0) is 12.8 Å². The molecule has 2 rings (SSSR count). The minimum atomic E-state index is 0.0461. The molecule has 18 heavy (non-hydrogen) atoms. The third-order valence-corrected chi connectivity index (χ3v) is 4.53. The van der Waals surface area contributed by atoms with Crippen LogP contribution < -0.4 is 4.90 Å². The van der Waals surface area contributed by atoms with Crippen LogP contribution >= 0.6 is 27.5 Å². The molecule has 5 heteroatoms. The number of hydrogen-bond acceptors (Lipinski definition) is 4. The van der Waals surface area contributed by atoms with Crippen LogP contribution in [0.4, 0.5) is 5.13 Å². The molecule has 1 heterocycles. The molecule has 0 bridgehead atoms. The predicted molar refractivity (Wildman–Crippen MR) is 82.0 cm³/mol. The highest BCUT2D eigenvalue weighted by atomic mass is 79.9. The lowest BCUT2D eigenvalue weighted by atomic mass is 9.96. The molecule has 0 aliphatic heterocycles. The van der Waals surface area contributed by atoms with Gasteiger partial charge < -0.3 is 4.90 Å². The number of rotatable bonds is 4. The first kappa shape index (κ1) is 14.3. The summed E-state index contributed by atoms with van der Waals surface area (Å²) in [5.41, 5.74) is 0.0461. The van der Waals surface area contributed by atoms with Crippen LogP contribution in [-0.2, 0) is 5.41 Å². The molecule has 0 N–H and O–H groups in total. The van der Waals surface area contributed by atoms with Gasteiger partial charge in [0.1, 0.15) is 5.82 Å². The van der Waals surface area contributed by atoms with E-state index in [-0.39, 0.29) is 5.41 Å². The third-order valence-electron chi connectivity index (χ3n) is 3.42. The third kappa shape index (κ3) is 3.23. The second-order valence-corrected chi connectivity index (χ2v) is 7.49. The SMILES string of the molecule is CC(C)(C)c1nsc(N(CCBr)C2CCCC2)n1. The van der Waals surface area contributed by atoms with E-state index in [0.29, 0.717) is 6.04 Å². The Labute approximate surface area is 122 Å². The van der Waals surface area contributed by atoms with Crippen molar-refractivity contribution >= 4 is 32.6 Å². The van der Waals surface area contributed by atoms with E-state index in [1.54, 1.807) is 11.5 Å². The average Bonchev–Trinajstić information content (AvgIpc) is 2.96. The van der Waals surface area contributed by atoms with Crippen molar-refractivity contribution in [1.29, 1.82) is 0 Å². The van der Waals surface area contributed by atoms with Gasteiger partial charge >= 0.3 is 0 Å². The van der Waals surface area contributed by atoms with Crippen molar-refractivity contribution in [3.63, 3.8) is 0 Å². The van der Waals surface area contributed by atoms with Crippen LogP contribution in [0.1, 0.15) is 52.3 Å². The van der Waals surface area contributed by atoms with E-state index in [2.05, 4.69) is 46.0 Å². The van der Waals surface area contributed by atoms with E-state index >= 15 is 0 Å². The second kappa shape index (κ2) is 5.87. The lowest BCUT2D eigenvalue weighted by molar-refractivity contribution is 0.551. The van der Waals surface area contributed by atoms with Crippen LogP contribution in [0.3, 0.4) is 0 Å². The maximum atomic E-state index is 4.76. The van der Waals surface area contributed by atoms with Crippen molar-refractivity contribution in [3.05, 3.63) is 5.82 Å². The highest BCUT2D eigenvalue weighted by Crippen LogP contribution is 2.31. The molecule has 1 fully saturated rings. The number of halogens is 1. The van der Waals surface area contributed by atoms with Crippen molar-refractivity contribution in [2.75, 3.05) is 16.8 Å². The van der Waals surface area contributed by atoms with Gasteiger partial charge in [0, 0.05) is 34.9 Å². The van der Waals surface area contributed by atoms with Crippen LogP contribution in [0.2, 0.25) is 0 Å². The molecule has 102 valence electrons. The summed E-state index contributed by atoms with van der Waals surface area (Å²) in [4.78, 5) is 7.21. The van der Waals surface area contributed by atoms with Gasteiger partial charge in [0.15, 0.2) is 0 Å². The second-order valence-electron chi connectivity index (χ2n) is 5.97. The lowest BCUT2D eigenvalue weighted by Gasteiger charge is -2.27. The zero-order valence-corrected chi connectivity index (χ0v) is 13.9. The summed E-state index contributed by atoms with van der Waals surface area (Å²) in [7, 11) is 0. The molecule has 1 saturated carbocycles. The molecule has 0 atom stereocenters. The van der Waals surface area contributed by atoms with Gasteiger partial charge in [-0.2, -0.15) is 4.37 Å². The van der Waals surface area contributed by atoms with E-state index < -0.39 is 0 Å². The molecule has 3 nitrogen and oxygen atoms in total. The molecule has 0 radical (unpaired) electrons. The first-order valence-electron chi connectivity index (χ1n) is 6.69. The van der Waals surface area contributed by atoms with E-state index in [1.807, 2.05) is 0 Å². The van der Waals surface area contributed by atoms with E-state index in [1.165, 1.54) is 25.7 Å². The maximum absolute atomic E-state index is 4.76. The summed E-state index contributed by atoms with van der Waals surface area (Å²) in [6, 6.07) is 0.670. The first-order valence-corrected chi connectivity index (χ1v) is 8.58. The van der Waals surface area contributed by atoms with Gasteiger partial charge in [0.25, 0.3) is 0 Å². The molecule has 0 amide bonds. The van der Waals surface area contributed by atoms with E-state index in [0.717, 1.165) is 22.8 Å². The van der Waals surface area contributed by atoms with E-state index in [4.69, 9.17) is 4.98 Å². The molecule has 1 aliphatic rings. The highest BCUT2D eigenvalue weighted by molar-refractivity contribution is 9.09. The molecule has 1 aliphatic carbocycles. The predicted octanol–water partition coefficient (Wildman–Crippen LogP) is 3.98. The molecule has 1 aromatic heterocycles. The zero-order chi connectivity index (χ0) is 13.2. The minimum absolute atomic E-state index is 0.0461. The Hall–Kier alpha value is -0.160. The Morgan fingerprint density at radius 2 is 2.00 bits per heavy atom. The van der Waals surface area contributed by atoms with Gasteiger partial charge in [0.05, 0.1) is 0 Å². The quantitative estimate of drug-likeness (QED) is 0.781. The zero-order valence-electron chi connectivity index (χ0n) is 11.4. The average molecular weight is 332 g/mol. The fourth-order valence-corrected chi connectivity index (χ4v) is 3.72. The molecule has 0 unspecified atom stereocenters. The smallest absolute Gasteiger partial charge is 0.205 e. The lowest BCUT2D eigenvalue weighted by Crippen LogP contribution is -2.34. The number of anilines is 1. The summed E-state index contributed by atoms with van der Waals surface area (Å²) >= 11 is 5.11. The molecule has 0 saturated heterocycles. The largest absolute Gasteiger partial charge is 0.343 e. The Bertz CT molecular complexity index is 380. The maximum Gasteiger partial charge on any atom is 0.205 e. The summed E-state index contributed by atoms with van der Waals surface area (Å²) in [6.45, 7) is 7.54. The van der Waals surface area contributed by atoms with E-state index in [9.17, 15) is 0 Å². The first-order chi connectivity index (χ1) is 8.52. The minimum Gasteiger partial charge on any atom is -0.343 e. The molecular weight excluding hydrogens is 310 g/mol. The molecular formula is C13H22BrN3S. The fourth-order valence-electron chi connectivity index (χ4n) is 2.38. The molecule has 0 aromatic carbocycles. The Balaban J connectivity index is 2.17. The normalized spacial score (nSPS) is 17.3. The van der Waals surface area contributed by atoms with Crippen molar-refractivity contribution in [2.45, 2.75) is 57.9 Å². The fraction of sp³-hybridized carbons (Fsp3) is 0.846. The van der Waals surface area contributed by atoms with Gasteiger partial charge in [-0.1, -0.05) is 49.5 Å². The summed E-state index contributed by atoms with van der Waals surface area (Å²) in [5, 5.41) is 2.10. The van der Waals surface area contributed by atoms with Crippen LogP contribution in [0, 0.1) is 0 Å². The van der Waals surface area contributed by atoms with Crippen LogP contribution in [-0.4, -0.2) is 27.3 Å². The monoisotopic (exact) mass is 331 g/mol. The summed E-state index contributed by atoms with van der Waals surface area (Å²) in [5.74, 6) is 0.972. The topological polar surface area (TPSA) is 29.0 Å². The number of nitrogens with zero attached hydrogens (tertiary/aromatic N) is 3. The Morgan fingerprint density at radius 3 is 2.50 bits per heavy atom. The Kier molecular flexibility index (Phi) is 4.64. The highest BCUT2D eigenvalue weighted by Gasteiger charge is 2.27. The van der Waals surface area contributed by atoms with Crippen LogP contribution in [0.15, 0.2) is 0 Å². The number of aromatic nitrogens is 2. The van der Waals surface area contributed by atoms with Crippen molar-refractivity contribution in [1.82, 2.24) is 9.36 Å². The van der Waals surface area contributed by atoms with Gasteiger partial charge in [0.2, 0.25) is 5.13 Å². The van der Waals surface area contributed by atoms with Crippen molar-refractivity contribution in [2.24, 2.45) is 0 Å². The van der Waals surface area contributed by atoms with Gasteiger partial charge in [-0.3, -0.25) is 0 Å². The van der Waals surface area contributed by atoms with Crippen LogP contribution in [0.5, 0.6) is 0 Å². The summed E-state index contributed by atoms with van der Waals surface area (Å²) in [6.07, 6.45) is 5.32. The van der Waals surface area contributed by atoms with Crippen LogP contribution in [0.25, 0.3) is 0 Å². The molecule has 0 spiro atoms. The summed E-state index contributed by atoms with van der Waals surface area (Å²) < 4.78 is 4.54. The number of alkyl halides is 1. The van der Waals surface area contributed by atoms with Gasteiger partial charge in [-0.15, -0.1) is 0 Å². The standard InChI is InChI=1S/C13H22BrN3S/c1-13(2,3)11-15-12(18-16-11)17(9-8-14)10-6-4-5-7-10/h10H,4-9H2,1-3H3.